The fraction of sp³-hybridized carbons (Fsp3) is 0.519. The number of hydrogen-bond acceptors (Lipinski definition) is 6. The average molecular weight is 465 g/mol. The van der Waals surface area contributed by atoms with Crippen molar-refractivity contribution in [2.24, 2.45) is 11.8 Å². The van der Waals surface area contributed by atoms with Gasteiger partial charge in [-0.3, -0.25) is 9.69 Å². The molecule has 5 N–H and O–H groups in total. The number of likely N-dealkylation sites (tertiary alicyclic amines) is 1. The van der Waals surface area contributed by atoms with Crippen LogP contribution in [0.5, 0.6) is 17.2 Å². The molecule has 34 heavy (non-hydrogen) atoms. The van der Waals surface area contributed by atoms with Gasteiger partial charge in [0, 0.05) is 42.1 Å². The average Bonchev–Trinajstić information content (AvgIpc) is 3.54. The third-order valence-electron chi connectivity index (χ3n) is 8.90. The Morgan fingerprint density at radius 1 is 1.06 bits per heavy atom. The van der Waals surface area contributed by atoms with Crippen LogP contribution in [0.2, 0.25) is 0 Å². The van der Waals surface area contributed by atoms with Crippen molar-refractivity contribution >= 4 is 5.91 Å². The highest BCUT2D eigenvalue weighted by Crippen LogP contribution is 2.62. The van der Waals surface area contributed by atoms with E-state index >= 15 is 0 Å². The zero-order chi connectivity index (χ0) is 23.7. The van der Waals surface area contributed by atoms with Crippen LogP contribution in [0.15, 0.2) is 36.4 Å². The molecule has 7 heteroatoms. The Bertz CT molecular complexity index is 1150. The van der Waals surface area contributed by atoms with Crippen LogP contribution >= 0.6 is 0 Å². The molecule has 4 aliphatic rings. The summed E-state index contributed by atoms with van der Waals surface area (Å²) in [5, 5.41) is 45.1. The molecule has 2 bridgehead atoms. The van der Waals surface area contributed by atoms with Crippen LogP contribution in [-0.4, -0.2) is 56.0 Å². The number of nitrogens with one attached hydrogen (secondary N) is 1. The highest BCUT2D eigenvalue weighted by Gasteiger charge is 2.68. The topological polar surface area (TPSA) is 113 Å². The second kappa shape index (κ2) is 7.62. The molecule has 2 saturated carbocycles. The minimum Gasteiger partial charge on any atom is -0.508 e. The molecule has 1 aliphatic heterocycles. The van der Waals surface area contributed by atoms with E-state index in [0.29, 0.717) is 18.4 Å². The fourth-order valence-electron chi connectivity index (χ4n) is 7.04. The van der Waals surface area contributed by atoms with E-state index in [0.717, 1.165) is 37.4 Å². The molecule has 0 aromatic heterocycles. The van der Waals surface area contributed by atoms with E-state index in [4.69, 9.17) is 0 Å². The Labute approximate surface area is 199 Å². The Balaban J connectivity index is 1.29. The first-order chi connectivity index (χ1) is 16.3. The third-order valence-corrected chi connectivity index (χ3v) is 8.90. The molecule has 7 nitrogen and oxygen atoms in total. The minimum atomic E-state index is -1.02. The highest BCUT2D eigenvalue weighted by atomic mass is 16.3. The van der Waals surface area contributed by atoms with Crippen LogP contribution in [0.1, 0.15) is 48.8 Å². The van der Waals surface area contributed by atoms with Gasteiger partial charge >= 0.3 is 0 Å². The van der Waals surface area contributed by atoms with Crippen molar-refractivity contribution in [2.75, 3.05) is 13.1 Å². The van der Waals surface area contributed by atoms with E-state index in [1.807, 2.05) is 12.1 Å². The highest BCUT2D eigenvalue weighted by molar-refractivity contribution is 5.80. The molecule has 1 amide bonds. The van der Waals surface area contributed by atoms with Gasteiger partial charge in [-0.2, -0.15) is 0 Å². The molecule has 4 atom stereocenters. The van der Waals surface area contributed by atoms with Gasteiger partial charge in [-0.05, 0) is 86.4 Å². The molecule has 180 valence electrons. The molecule has 3 aliphatic carbocycles. The number of phenols is 3. The smallest absolute Gasteiger partial charge is 0.223 e. The number of phenolic OH excluding ortho intramolecular Hbond substituents is 3. The van der Waals surface area contributed by atoms with Crippen molar-refractivity contribution in [3.05, 3.63) is 53.1 Å². The quantitative estimate of drug-likeness (QED) is 0.465. The Hall–Kier alpha value is -2.77. The maximum absolute atomic E-state index is 13.3. The number of rotatable bonds is 5. The van der Waals surface area contributed by atoms with Gasteiger partial charge in [0.1, 0.15) is 17.2 Å². The number of piperidine rings is 1. The number of amides is 1. The Kier molecular flexibility index (Phi) is 4.87. The monoisotopic (exact) mass is 464 g/mol. The molecule has 0 radical (unpaired) electrons. The van der Waals surface area contributed by atoms with Crippen molar-refractivity contribution in [2.45, 2.75) is 62.1 Å². The summed E-state index contributed by atoms with van der Waals surface area (Å²) in [4.78, 5) is 15.8. The molecule has 6 rings (SSSR count). The molecular weight excluding hydrogens is 432 g/mol. The summed E-state index contributed by atoms with van der Waals surface area (Å²) < 4.78 is 0. The van der Waals surface area contributed by atoms with Crippen LogP contribution in [0.4, 0.5) is 0 Å². The Morgan fingerprint density at radius 2 is 1.82 bits per heavy atom. The molecule has 2 aromatic carbocycles. The number of carbonyl (C=O) groups is 1. The third kappa shape index (κ3) is 3.28. The van der Waals surface area contributed by atoms with Crippen LogP contribution in [-0.2, 0) is 23.2 Å². The van der Waals surface area contributed by atoms with Crippen molar-refractivity contribution in [3.8, 4) is 17.2 Å². The van der Waals surface area contributed by atoms with Gasteiger partial charge in [-0.1, -0.05) is 6.07 Å². The zero-order valence-electron chi connectivity index (χ0n) is 19.2. The predicted octanol–water partition coefficient (Wildman–Crippen LogP) is 2.54. The van der Waals surface area contributed by atoms with Gasteiger partial charge in [0.25, 0.3) is 0 Å². The van der Waals surface area contributed by atoms with E-state index in [-0.39, 0.29) is 41.7 Å². The molecule has 0 unspecified atom stereocenters. The second-order valence-electron chi connectivity index (χ2n) is 10.9. The van der Waals surface area contributed by atoms with Crippen molar-refractivity contribution in [1.29, 1.82) is 0 Å². The van der Waals surface area contributed by atoms with E-state index in [1.54, 1.807) is 12.1 Å². The van der Waals surface area contributed by atoms with Gasteiger partial charge in [-0.25, -0.2) is 0 Å². The van der Waals surface area contributed by atoms with Gasteiger partial charge in [-0.15, -0.1) is 0 Å². The number of aromatic hydroxyl groups is 3. The first-order valence-electron chi connectivity index (χ1n) is 12.4. The predicted molar refractivity (Wildman–Crippen MR) is 125 cm³/mol. The van der Waals surface area contributed by atoms with Crippen molar-refractivity contribution in [3.63, 3.8) is 0 Å². The number of aliphatic hydroxyl groups is 1. The molecule has 1 saturated heterocycles. The molecule has 2 aromatic rings. The first-order valence-corrected chi connectivity index (χ1v) is 12.4. The van der Waals surface area contributed by atoms with Gasteiger partial charge in [0.2, 0.25) is 5.91 Å². The lowest BCUT2D eigenvalue weighted by molar-refractivity contribution is -0.134. The van der Waals surface area contributed by atoms with Crippen LogP contribution < -0.4 is 5.32 Å². The lowest BCUT2D eigenvalue weighted by atomic mass is 9.56. The summed E-state index contributed by atoms with van der Waals surface area (Å²) >= 11 is 0. The summed E-state index contributed by atoms with van der Waals surface area (Å²) in [6.45, 7) is 2.06. The maximum Gasteiger partial charge on any atom is 0.223 e. The van der Waals surface area contributed by atoms with E-state index in [1.165, 1.54) is 30.5 Å². The standard InChI is InChI=1S/C27H32N2O5/c30-20-5-3-17-9-24-27(34)13-19(25(33)28-14-18-4-6-21(31)11-23(18)32)12-26(27,22(17)10-20)7-8-29(24)15-16-1-2-16/h3-6,10-11,16,19,24,30-32,34H,1-2,7-9,12-15H2,(H,28,33)/t19-,24+,26+,27+/m0/s1. The lowest BCUT2D eigenvalue weighted by Gasteiger charge is -2.59. The summed E-state index contributed by atoms with van der Waals surface area (Å²) in [6, 6.07) is 9.82. The lowest BCUT2D eigenvalue weighted by Crippen LogP contribution is -2.69. The minimum absolute atomic E-state index is 0.0290. The van der Waals surface area contributed by atoms with Gasteiger partial charge in [0.05, 0.1) is 5.60 Å². The number of carbonyl (C=O) groups excluding carboxylic acids is 1. The normalized spacial score (nSPS) is 32.1. The number of hydrogen-bond donors (Lipinski definition) is 5. The van der Waals surface area contributed by atoms with Gasteiger partial charge < -0.3 is 25.7 Å². The summed E-state index contributed by atoms with van der Waals surface area (Å²) in [5.74, 6) is 0.333. The van der Waals surface area contributed by atoms with Crippen LogP contribution in [0, 0.1) is 11.8 Å². The maximum atomic E-state index is 13.3. The SMILES string of the molecule is O=C(NCc1ccc(O)cc1O)[C@H]1C[C@]23CCN(CC4CC4)[C@H](Cc4ccc(O)cc42)[C@]3(O)C1. The van der Waals surface area contributed by atoms with Gasteiger partial charge in [0.15, 0.2) is 0 Å². The van der Waals surface area contributed by atoms with Crippen LogP contribution in [0.25, 0.3) is 0 Å². The Morgan fingerprint density at radius 3 is 2.59 bits per heavy atom. The molecule has 1 heterocycles. The molecule has 0 spiro atoms. The van der Waals surface area contributed by atoms with Crippen molar-refractivity contribution in [1.82, 2.24) is 10.2 Å². The van der Waals surface area contributed by atoms with E-state index in [9.17, 15) is 25.2 Å². The van der Waals surface area contributed by atoms with Crippen molar-refractivity contribution < 1.29 is 25.2 Å². The van der Waals surface area contributed by atoms with E-state index in [2.05, 4.69) is 10.2 Å². The second-order valence-corrected chi connectivity index (χ2v) is 10.9. The first kappa shape index (κ1) is 21.7. The summed E-state index contributed by atoms with van der Waals surface area (Å²) in [6.07, 6.45) is 4.95. The summed E-state index contributed by atoms with van der Waals surface area (Å²) in [7, 11) is 0. The molecule has 3 fully saturated rings. The van der Waals surface area contributed by atoms with E-state index < -0.39 is 11.0 Å². The zero-order valence-corrected chi connectivity index (χ0v) is 19.2. The fourth-order valence-corrected chi connectivity index (χ4v) is 7.04. The number of benzene rings is 2. The largest absolute Gasteiger partial charge is 0.508 e. The molecular formula is C27H32N2O5. The number of nitrogens with zero attached hydrogens (tertiary/aromatic N) is 1. The summed E-state index contributed by atoms with van der Waals surface area (Å²) in [5.41, 5.74) is 1.13. The van der Waals surface area contributed by atoms with Crippen LogP contribution in [0.3, 0.4) is 0 Å². The number of fused-ring (bicyclic) bond motifs is 1.